The summed E-state index contributed by atoms with van der Waals surface area (Å²) in [5.74, 6) is -3.36. The molecule has 0 aromatic rings. The number of rotatable bonds is 3. The van der Waals surface area contributed by atoms with Crippen LogP contribution in [0.25, 0.3) is 0 Å². The number of carbonyl (C=O) groups is 1. The topological polar surface area (TPSA) is 76.0 Å². The van der Waals surface area contributed by atoms with Gasteiger partial charge in [0, 0.05) is 11.4 Å². The van der Waals surface area contributed by atoms with E-state index in [-0.39, 0.29) is 6.61 Å². The van der Waals surface area contributed by atoms with Crippen LogP contribution in [0.15, 0.2) is 11.2 Å². The van der Waals surface area contributed by atoms with Crippen LogP contribution in [0.5, 0.6) is 0 Å². The highest BCUT2D eigenvalue weighted by atomic mass is 19.4. The molecule has 0 aliphatic carbocycles. The molecule has 9 heteroatoms. The van der Waals surface area contributed by atoms with Gasteiger partial charge in [-0.3, -0.25) is 0 Å². The van der Waals surface area contributed by atoms with Crippen LogP contribution >= 0.6 is 0 Å². The summed E-state index contributed by atoms with van der Waals surface area (Å²) in [5.41, 5.74) is -3.23. The zero-order valence-corrected chi connectivity index (χ0v) is 10.6. The molecule has 0 saturated carbocycles. The number of ether oxygens (including phenoxy) is 2. The van der Waals surface area contributed by atoms with E-state index >= 15 is 0 Å². The van der Waals surface area contributed by atoms with Crippen LogP contribution in [-0.2, 0) is 14.3 Å². The van der Waals surface area contributed by atoms with Crippen molar-refractivity contribution in [2.24, 2.45) is 5.92 Å². The monoisotopic (exact) mass is 282 g/mol. The first-order valence-corrected chi connectivity index (χ1v) is 5.59. The van der Waals surface area contributed by atoms with Crippen LogP contribution in [0.4, 0.5) is 13.2 Å². The molecule has 1 rings (SSSR count). The van der Waals surface area contributed by atoms with Gasteiger partial charge in [-0.05, 0) is 13.8 Å². The Hall–Kier alpha value is -1.22. The summed E-state index contributed by atoms with van der Waals surface area (Å²) >= 11 is 0. The predicted molar refractivity (Wildman–Crippen MR) is 58.6 cm³/mol. The minimum absolute atomic E-state index is 0.0718. The van der Waals surface area contributed by atoms with Crippen molar-refractivity contribution >= 4 is 13.1 Å². The number of carbonyl (C=O) groups excluding carboxylic acids is 1. The molecule has 0 aromatic carbocycles. The molecule has 1 heterocycles. The van der Waals surface area contributed by atoms with Gasteiger partial charge < -0.3 is 19.5 Å². The van der Waals surface area contributed by atoms with Gasteiger partial charge in [-0.1, -0.05) is 6.92 Å². The van der Waals surface area contributed by atoms with Crippen molar-refractivity contribution < 1.29 is 37.5 Å². The molecule has 5 nitrogen and oxygen atoms in total. The lowest BCUT2D eigenvalue weighted by molar-refractivity contribution is -0.263. The van der Waals surface area contributed by atoms with E-state index in [1.807, 2.05) is 0 Å². The molecule has 0 aromatic heterocycles. The summed E-state index contributed by atoms with van der Waals surface area (Å²) in [5, 5.41) is 18.3. The minimum atomic E-state index is -4.78. The summed E-state index contributed by atoms with van der Waals surface area (Å²) in [4.78, 5) is 11.5. The van der Waals surface area contributed by atoms with Crippen molar-refractivity contribution in [2.75, 3.05) is 6.61 Å². The zero-order valence-electron chi connectivity index (χ0n) is 10.6. The molecule has 0 saturated heterocycles. The van der Waals surface area contributed by atoms with E-state index < -0.39 is 42.0 Å². The zero-order chi connectivity index (χ0) is 15.0. The fourth-order valence-corrected chi connectivity index (χ4v) is 1.85. The molecule has 1 unspecified atom stereocenters. The van der Waals surface area contributed by atoms with E-state index in [0.29, 0.717) is 0 Å². The summed E-state index contributed by atoms with van der Waals surface area (Å²) in [6, 6.07) is 0. The van der Waals surface area contributed by atoms with Crippen LogP contribution in [0.2, 0.25) is 0 Å². The van der Waals surface area contributed by atoms with Crippen molar-refractivity contribution in [3.05, 3.63) is 11.2 Å². The standard InChI is InChI=1S/C10H14BF3O5/c1-4-18-8(15)7-6(11(16)17)5(2)9(3,19-7)10(12,13)14/h5,16-17H,4H2,1-3H3/t5-,9?/m0/s1. The van der Waals surface area contributed by atoms with Gasteiger partial charge in [0.1, 0.15) is 0 Å². The normalized spacial score (nSPS) is 27.3. The lowest BCUT2D eigenvalue weighted by atomic mass is 9.68. The van der Waals surface area contributed by atoms with Gasteiger partial charge in [-0.15, -0.1) is 0 Å². The molecule has 0 spiro atoms. The Bertz CT molecular complexity index is 406. The number of hydrogen-bond donors (Lipinski definition) is 2. The summed E-state index contributed by atoms with van der Waals surface area (Å²) in [7, 11) is -2.22. The lowest BCUT2D eigenvalue weighted by Gasteiger charge is -2.32. The summed E-state index contributed by atoms with van der Waals surface area (Å²) < 4.78 is 48.2. The molecule has 19 heavy (non-hydrogen) atoms. The Morgan fingerprint density at radius 1 is 1.53 bits per heavy atom. The van der Waals surface area contributed by atoms with Crippen LogP contribution in [0, 0.1) is 5.92 Å². The quantitative estimate of drug-likeness (QED) is 0.591. The third-order valence-electron chi connectivity index (χ3n) is 3.17. The molecular formula is C10H14BF3O5. The maximum Gasteiger partial charge on any atom is 0.488 e. The smallest absolute Gasteiger partial charge is 0.471 e. The van der Waals surface area contributed by atoms with E-state index in [2.05, 4.69) is 9.47 Å². The highest BCUT2D eigenvalue weighted by molar-refractivity contribution is 6.52. The third-order valence-corrected chi connectivity index (χ3v) is 3.17. The van der Waals surface area contributed by atoms with Gasteiger partial charge in [-0.25, -0.2) is 4.79 Å². The molecule has 0 amide bonds. The van der Waals surface area contributed by atoms with E-state index in [1.54, 1.807) is 0 Å². The second-order valence-electron chi connectivity index (χ2n) is 4.31. The average molecular weight is 282 g/mol. The Morgan fingerprint density at radius 2 is 2.05 bits per heavy atom. The Kier molecular flexibility index (Phi) is 4.21. The summed E-state index contributed by atoms with van der Waals surface area (Å²) in [6.45, 7) is 3.24. The highest BCUT2D eigenvalue weighted by Crippen LogP contribution is 2.49. The fourth-order valence-electron chi connectivity index (χ4n) is 1.85. The molecule has 108 valence electrons. The van der Waals surface area contributed by atoms with E-state index in [0.717, 1.165) is 13.8 Å². The lowest BCUT2D eigenvalue weighted by Crippen LogP contribution is -2.48. The van der Waals surface area contributed by atoms with E-state index in [4.69, 9.17) is 10.0 Å². The van der Waals surface area contributed by atoms with Crippen LogP contribution in [-0.4, -0.2) is 41.5 Å². The second-order valence-corrected chi connectivity index (χ2v) is 4.31. The first-order chi connectivity index (χ1) is 8.56. The Balaban J connectivity index is 3.23. The SMILES string of the molecule is CCOC(=O)C1=C(B(O)O)[C@H](C)C(C)(C(F)(F)F)O1. The predicted octanol–water partition coefficient (Wildman–Crippen LogP) is 0.803. The molecule has 2 N–H and O–H groups in total. The Morgan fingerprint density at radius 3 is 2.42 bits per heavy atom. The van der Waals surface area contributed by atoms with Crippen molar-refractivity contribution in [3.8, 4) is 0 Å². The van der Waals surface area contributed by atoms with E-state index in [9.17, 15) is 18.0 Å². The fraction of sp³-hybridized carbons (Fsp3) is 0.700. The van der Waals surface area contributed by atoms with Crippen molar-refractivity contribution in [3.63, 3.8) is 0 Å². The van der Waals surface area contributed by atoms with Crippen molar-refractivity contribution in [1.82, 2.24) is 0 Å². The Labute approximate surface area is 108 Å². The first-order valence-electron chi connectivity index (χ1n) is 5.59. The third kappa shape index (κ3) is 2.57. The molecular weight excluding hydrogens is 268 g/mol. The largest absolute Gasteiger partial charge is 0.488 e. The number of hydrogen-bond acceptors (Lipinski definition) is 5. The first kappa shape index (κ1) is 15.8. The van der Waals surface area contributed by atoms with E-state index in [1.165, 1.54) is 6.92 Å². The molecule has 1 aliphatic heterocycles. The van der Waals surface area contributed by atoms with Gasteiger partial charge in [0.05, 0.1) is 6.61 Å². The van der Waals surface area contributed by atoms with Gasteiger partial charge in [0.15, 0.2) is 0 Å². The van der Waals surface area contributed by atoms with Gasteiger partial charge >= 0.3 is 19.3 Å². The molecule has 0 bridgehead atoms. The minimum Gasteiger partial charge on any atom is -0.471 e. The molecule has 0 fully saturated rings. The van der Waals surface area contributed by atoms with Crippen LogP contribution < -0.4 is 0 Å². The maximum absolute atomic E-state index is 13.0. The molecule has 2 atom stereocenters. The van der Waals surface area contributed by atoms with Crippen molar-refractivity contribution in [1.29, 1.82) is 0 Å². The highest BCUT2D eigenvalue weighted by Gasteiger charge is 2.64. The number of halogens is 3. The van der Waals surface area contributed by atoms with Crippen LogP contribution in [0.3, 0.4) is 0 Å². The van der Waals surface area contributed by atoms with Gasteiger partial charge in [-0.2, -0.15) is 13.2 Å². The molecule has 0 radical (unpaired) electrons. The second kappa shape index (κ2) is 5.05. The number of esters is 1. The average Bonchev–Trinajstić information content (AvgIpc) is 2.52. The molecule has 1 aliphatic rings. The number of alkyl halides is 3. The van der Waals surface area contributed by atoms with Crippen molar-refractivity contribution in [2.45, 2.75) is 32.5 Å². The maximum atomic E-state index is 13.0. The van der Waals surface area contributed by atoms with Crippen LogP contribution in [0.1, 0.15) is 20.8 Å². The summed E-state index contributed by atoms with van der Waals surface area (Å²) in [6.07, 6.45) is -4.78. The van der Waals surface area contributed by atoms with Gasteiger partial charge in [0.25, 0.3) is 0 Å². The van der Waals surface area contributed by atoms with Gasteiger partial charge in [0.2, 0.25) is 11.4 Å².